The van der Waals surface area contributed by atoms with Gasteiger partial charge in [0.25, 0.3) is 0 Å². The van der Waals surface area contributed by atoms with Gasteiger partial charge in [0.05, 0.1) is 13.2 Å². The van der Waals surface area contributed by atoms with Crippen LogP contribution in [0.25, 0.3) is 0 Å². The minimum Gasteiger partial charge on any atom is -0.478 e. The normalized spacial score (nSPS) is 16.2. The van der Waals surface area contributed by atoms with Gasteiger partial charge in [-0.3, -0.25) is 0 Å². The molecule has 6 heteroatoms. The molecule has 0 saturated heterocycles. The zero-order valence-electron chi connectivity index (χ0n) is 12.9. The SMILES string of the molecule is CC(=CCC(C(=O)OC1CCCCC1)=C(CO)CO)C(=O)O. The molecule has 0 atom stereocenters. The minimum absolute atomic E-state index is 0.0140. The molecule has 6 nitrogen and oxygen atoms in total. The van der Waals surface area contributed by atoms with E-state index < -0.39 is 25.2 Å². The Bertz CT molecular complexity index is 451. The van der Waals surface area contributed by atoms with Crippen LogP contribution < -0.4 is 0 Å². The first-order chi connectivity index (χ1) is 10.5. The van der Waals surface area contributed by atoms with Crippen LogP contribution in [0.1, 0.15) is 45.4 Å². The van der Waals surface area contributed by atoms with Crippen LogP contribution in [-0.4, -0.2) is 46.6 Å². The van der Waals surface area contributed by atoms with E-state index in [4.69, 9.17) is 9.84 Å². The molecule has 0 radical (unpaired) electrons. The summed E-state index contributed by atoms with van der Waals surface area (Å²) in [5.74, 6) is -1.66. The second-order valence-electron chi connectivity index (χ2n) is 5.46. The number of hydrogen-bond acceptors (Lipinski definition) is 5. The number of aliphatic carboxylic acids is 1. The molecule has 124 valence electrons. The number of hydrogen-bond donors (Lipinski definition) is 3. The highest BCUT2D eigenvalue weighted by Crippen LogP contribution is 2.23. The second-order valence-corrected chi connectivity index (χ2v) is 5.46. The van der Waals surface area contributed by atoms with E-state index >= 15 is 0 Å². The Kier molecular flexibility index (Phi) is 7.84. The van der Waals surface area contributed by atoms with Crippen LogP contribution in [0, 0.1) is 0 Å². The Morgan fingerprint density at radius 1 is 1.14 bits per heavy atom. The summed E-state index contributed by atoms with van der Waals surface area (Å²) < 4.78 is 5.44. The van der Waals surface area contributed by atoms with Crippen molar-refractivity contribution in [1.82, 2.24) is 0 Å². The maximum Gasteiger partial charge on any atom is 0.334 e. The molecule has 1 fully saturated rings. The lowest BCUT2D eigenvalue weighted by atomic mass is 9.97. The number of carbonyl (C=O) groups excluding carboxylic acids is 1. The van der Waals surface area contributed by atoms with E-state index in [1.165, 1.54) is 13.0 Å². The van der Waals surface area contributed by atoms with Gasteiger partial charge in [0.1, 0.15) is 6.10 Å². The van der Waals surface area contributed by atoms with E-state index in [2.05, 4.69) is 0 Å². The molecule has 0 amide bonds. The number of carbonyl (C=O) groups is 2. The second kappa shape index (κ2) is 9.38. The smallest absolute Gasteiger partial charge is 0.334 e. The molecular weight excluding hydrogens is 288 g/mol. The standard InChI is InChI=1S/C16H24O6/c1-11(15(19)20)7-8-14(12(9-17)10-18)16(21)22-13-5-3-2-4-6-13/h7,13,17-18H,2-6,8-10H2,1H3,(H,19,20). The number of carboxylic acid groups (broad SMARTS) is 1. The van der Waals surface area contributed by atoms with Crippen LogP contribution in [0.4, 0.5) is 0 Å². The van der Waals surface area contributed by atoms with E-state index in [-0.39, 0.29) is 29.2 Å². The number of aliphatic hydroxyl groups is 2. The molecule has 0 aromatic carbocycles. The summed E-state index contributed by atoms with van der Waals surface area (Å²) in [6.07, 6.45) is 6.05. The molecule has 1 aliphatic carbocycles. The van der Waals surface area contributed by atoms with E-state index in [1.807, 2.05) is 0 Å². The van der Waals surface area contributed by atoms with Crippen LogP contribution >= 0.6 is 0 Å². The summed E-state index contributed by atoms with van der Waals surface area (Å²) in [4.78, 5) is 23.1. The van der Waals surface area contributed by atoms with Crippen LogP contribution in [0.2, 0.25) is 0 Å². The topological polar surface area (TPSA) is 104 Å². The summed E-state index contributed by atoms with van der Waals surface area (Å²) in [5, 5.41) is 27.4. The van der Waals surface area contributed by atoms with Gasteiger partial charge in [0, 0.05) is 11.1 Å². The van der Waals surface area contributed by atoms with E-state index in [0.29, 0.717) is 0 Å². The molecule has 0 aromatic heterocycles. The van der Waals surface area contributed by atoms with Crippen molar-refractivity contribution in [2.45, 2.75) is 51.6 Å². The highest BCUT2D eigenvalue weighted by Gasteiger charge is 2.22. The van der Waals surface area contributed by atoms with Gasteiger partial charge >= 0.3 is 11.9 Å². The summed E-state index contributed by atoms with van der Waals surface area (Å²) >= 11 is 0. The summed E-state index contributed by atoms with van der Waals surface area (Å²) in [6.45, 7) is 0.487. The average Bonchev–Trinajstić information content (AvgIpc) is 2.51. The molecule has 1 rings (SSSR count). The quantitative estimate of drug-likeness (QED) is 0.487. The van der Waals surface area contributed by atoms with Gasteiger partial charge in [0.15, 0.2) is 0 Å². The van der Waals surface area contributed by atoms with Crippen molar-refractivity contribution in [3.63, 3.8) is 0 Å². The molecule has 3 N–H and O–H groups in total. The van der Waals surface area contributed by atoms with E-state index in [1.54, 1.807) is 0 Å². The number of carboxylic acids is 1. The zero-order valence-corrected chi connectivity index (χ0v) is 12.9. The van der Waals surface area contributed by atoms with Crippen molar-refractivity contribution in [2.24, 2.45) is 0 Å². The first-order valence-electron chi connectivity index (χ1n) is 7.53. The zero-order chi connectivity index (χ0) is 16.5. The lowest BCUT2D eigenvalue weighted by Gasteiger charge is -2.23. The maximum absolute atomic E-state index is 12.3. The Morgan fingerprint density at radius 2 is 1.73 bits per heavy atom. The van der Waals surface area contributed by atoms with Gasteiger partial charge in [-0.2, -0.15) is 0 Å². The minimum atomic E-state index is -1.07. The van der Waals surface area contributed by atoms with Crippen molar-refractivity contribution >= 4 is 11.9 Å². The predicted octanol–water partition coefficient (Wildman–Crippen LogP) is 1.56. The van der Waals surface area contributed by atoms with Gasteiger partial charge in [-0.05, 0) is 44.6 Å². The van der Waals surface area contributed by atoms with Crippen molar-refractivity contribution in [3.05, 3.63) is 22.8 Å². The average molecular weight is 312 g/mol. The third-order valence-corrected chi connectivity index (χ3v) is 3.83. The fourth-order valence-corrected chi connectivity index (χ4v) is 2.36. The Labute approximate surface area is 130 Å². The first-order valence-corrected chi connectivity index (χ1v) is 7.53. The largest absolute Gasteiger partial charge is 0.478 e. The molecule has 22 heavy (non-hydrogen) atoms. The number of aliphatic hydroxyl groups excluding tert-OH is 2. The van der Waals surface area contributed by atoms with Crippen LogP contribution in [-0.2, 0) is 14.3 Å². The Balaban J connectivity index is 2.85. The highest BCUT2D eigenvalue weighted by molar-refractivity contribution is 5.91. The third kappa shape index (κ3) is 5.61. The van der Waals surface area contributed by atoms with Crippen molar-refractivity contribution < 1.29 is 29.6 Å². The molecule has 0 bridgehead atoms. The molecule has 0 heterocycles. The van der Waals surface area contributed by atoms with E-state index in [9.17, 15) is 19.8 Å². The Morgan fingerprint density at radius 3 is 2.23 bits per heavy atom. The molecule has 0 spiro atoms. The summed E-state index contributed by atoms with van der Waals surface area (Å²) in [6, 6.07) is 0. The van der Waals surface area contributed by atoms with Crippen LogP contribution in [0.15, 0.2) is 22.8 Å². The van der Waals surface area contributed by atoms with Crippen LogP contribution in [0.3, 0.4) is 0 Å². The molecule has 0 aliphatic heterocycles. The van der Waals surface area contributed by atoms with E-state index in [0.717, 1.165) is 32.1 Å². The molecule has 1 aliphatic rings. The van der Waals surface area contributed by atoms with Crippen LogP contribution in [0.5, 0.6) is 0 Å². The van der Waals surface area contributed by atoms with Gasteiger partial charge in [-0.15, -0.1) is 0 Å². The number of allylic oxidation sites excluding steroid dienone is 1. The maximum atomic E-state index is 12.3. The van der Waals surface area contributed by atoms with Crippen molar-refractivity contribution in [3.8, 4) is 0 Å². The van der Waals surface area contributed by atoms with Gasteiger partial charge in [-0.25, -0.2) is 9.59 Å². The predicted molar refractivity (Wildman–Crippen MR) is 80.2 cm³/mol. The Hall–Kier alpha value is -1.66. The molecule has 0 aromatic rings. The lowest BCUT2D eigenvalue weighted by molar-refractivity contribution is -0.146. The van der Waals surface area contributed by atoms with Crippen molar-refractivity contribution in [1.29, 1.82) is 0 Å². The molecule has 1 saturated carbocycles. The first kappa shape index (κ1) is 18.4. The third-order valence-electron chi connectivity index (χ3n) is 3.83. The number of rotatable bonds is 7. The fourth-order valence-electron chi connectivity index (χ4n) is 2.36. The van der Waals surface area contributed by atoms with Crippen molar-refractivity contribution in [2.75, 3.05) is 13.2 Å². The monoisotopic (exact) mass is 312 g/mol. The molecular formula is C16H24O6. The highest BCUT2D eigenvalue weighted by atomic mass is 16.5. The fraction of sp³-hybridized carbons (Fsp3) is 0.625. The van der Waals surface area contributed by atoms with Gasteiger partial charge in [-0.1, -0.05) is 12.5 Å². The number of esters is 1. The van der Waals surface area contributed by atoms with Gasteiger partial charge in [0.2, 0.25) is 0 Å². The van der Waals surface area contributed by atoms with Gasteiger partial charge < -0.3 is 20.1 Å². The summed E-state index contributed by atoms with van der Waals surface area (Å²) in [5.41, 5.74) is 0.393. The summed E-state index contributed by atoms with van der Waals surface area (Å²) in [7, 11) is 0. The lowest BCUT2D eigenvalue weighted by Crippen LogP contribution is -2.23. The number of ether oxygens (including phenoxy) is 1. The molecule has 0 unspecified atom stereocenters.